The molecule has 1 heterocycles. The van der Waals surface area contributed by atoms with Crippen LogP contribution in [-0.2, 0) is 9.59 Å². The van der Waals surface area contributed by atoms with E-state index in [1.807, 2.05) is 0 Å². The highest BCUT2D eigenvalue weighted by Crippen LogP contribution is 2.03. The van der Waals surface area contributed by atoms with Crippen LogP contribution >= 0.6 is 0 Å². The SMILES string of the molecule is O=CNC1CC(NC=O)N1. The van der Waals surface area contributed by atoms with Gasteiger partial charge in [0, 0.05) is 6.42 Å². The normalized spacial score (nSPS) is 30.0. The molecule has 56 valence electrons. The molecule has 3 N–H and O–H groups in total. The molecule has 1 aliphatic heterocycles. The highest BCUT2D eigenvalue weighted by molar-refractivity contribution is 5.48. The molecule has 5 nitrogen and oxygen atoms in total. The minimum Gasteiger partial charge on any atom is -0.343 e. The quantitative estimate of drug-likeness (QED) is 0.403. The van der Waals surface area contributed by atoms with Crippen molar-refractivity contribution < 1.29 is 9.59 Å². The third kappa shape index (κ3) is 1.44. The molecule has 10 heavy (non-hydrogen) atoms. The molecule has 0 saturated carbocycles. The third-order valence-electron chi connectivity index (χ3n) is 1.41. The van der Waals surface area contributed by atoms with Gasteiger partial charge in [0.1, 0.15) is 0 Å². The molecule has 0 radical (unpaired) electrons. The Morgan fingerprint density at radius 3 is 1.90 bits per heavy atom. The minimum atomic E-state index is 0.0231. The number of rotatable bonds is 4. The highest BCUT2D eigenvalue weighted by atomic mass is 16.1. The maximum atomic E-state index is 9.83. The van der Waals surface area contributed by atoms with Crippen molar-refractivity contribution in [3.8, 4) is 0 Å². The second kappa shape index (κ2) is 3.17. The second-order valence-corrected chi connectivity index (χ2v) is 2.08. The van der Waals surface area contributed by atoms with Gasteiger partial charge in [0.2, 0.25) is 12.8 Å². The molecule has 1 aliphatic rings. The average Bonchev–Trinajstić information content (AvgIpc) is 1.84. The van der Waals surface area contributed by atoms with E-state index in [2.05, 4.69) is 16.0 Å². The zero-order valence-corrected chi connectivity index (χ0v) is 5.33. The molecule has 0 aromatic heterocycles. The highest BCUT2D eigenvalue weighted by Gasteiger charge is 2.26. The number of carbonyl (C=O) groups is 2. The van der Waals surface area contributed by atoms with Gasteiger partial charge in [-0.05, 0) is 0 Å². The molecule has 0 aliphatic carbocycles. The minimum absolute atomic E-state index is 0.0231. The van der Waals surface area contributed by atoms with Gasteiger partial charge in [-0.3, -0.25) is 14.9 Å². The Hall–Kier alpha value is -1.10. The smallest absolute Gasteiger partial charge is 0.208 e. The molecule has 2 amide bonds. The van der Waals surface area contributed by atoms with Gasteiger partial charge in [-0.15, -0.1) is 0 Å². The van der Waals surface area contributed by atoms with E-state index < -0.39 is 0 Å². The summed E-state index contributed by atoms with van der Waals surface area (Å²) in [5.41, 5.74) is 0. The van der Waals surface area contributed by atoms with E-state index in [0.29, 0.717) is 12.8 Å². The standard InChI is InChI=1S/C5H9N3O2/c9-2-6-4-1-5(8-4)7-3-10/h2-5,8H,1H2,(H,6,9)(H,7,10). The van der Waals surface area contributed by atoms with Crippen LogP contribution in [0.1, 0.15) is 6.42 Å². The van der Waals surface area contributed by atoms with Gasteiger partial charge in [-0.25, -0.2) is 0 Å². The first-order valence-electron chi connectivity index (χ1n) is 3.02. The van der Waals surface area contributed by atoms with Gasteiger partial charge in [-0.2, -0.15) is 0 Å². The van der Waals surface area contributed by atoms with E-state index in [1.54, 1.807) is 0 Å². The summed E-state index contributed by atoms with van der Waals surface area (Å²) in [5, 5.41) is 7.94. The number of nitrogens with one attached hydrogen (secondary N) is 3. The largest absolute Gasteiger partial charge is 0.343 e. The Morgan fingerprint density at radius 2 is 1.60 bits per heavy atom. The van der Waals surface area contributed by atoms with Gasteiger partial charge < -0.3 is 10.6 Å². The third-order valence-corrected chi connectivity index (χ3v) is 1.41. The lowest BCUT2D eigenvalue weighted by Crippen LogP contribution is -2.64. The van der Waals surface area contributed by atoms with Crippen molar-refractivity contribution >= 4 is 12.8 Å². The van der Waals surface area contributed by atoms with E-state index in [9.17, 15) is 9.59 Å². The summed E-state index contributed by atoms with van der Waals surface area (Å²) in [6, 6.07) is 0. The Labute approximate surface area is 58.2 Å². The molecular formula is C5H9N3O2. The topological polar surface area (TPSA) is 70.2 Å². The fraction of sp³-hybridized carbons (Fsp3) is 0.600. The molecule has 0 spiro atoms. The van der Waals surface area contributed by atoms with E-state index >= 15 is 0 Å². The number of amides is 2. The number of hydrogen-bond acceptors (Lipinski definition) is 3. The van der Waals surface area contributed by atoms with E-state index in [4.69, 9.17) is 0 Å². The fourth-order valence-corrected chi connectivity index (χ4v) is 0.851. The van der Waals surface area contributed by atoms with E-state index in [-0.39, 0.29) is 12.3 Å². The predicted octanol–water partition coefficient (Wildman–Crippen LogP) is -1.88. The summed E-state index contributed by atoms with van der Waals surface area (Å²) in [7, 11) is 0. The van der Waals surface area contributed by atoms with Crippen LogP contribution in [0.25, 0.3) is 0 Å². The van der Waals surface area contributed by atoms with Crippen molar-refractivity contribution in [2.24, 2.45) is 0 Å². The molecule has 0 aromatic rings. The van der Waals surface area contributed by atoms with Crippen molar-refractivity contribution in [1.82, 2.24) is 16.0 Å². The molecule has 0 bridgehead atoms. The monoisotopic (exact) mass is 143 g/mol. The Balaban J connectivity index is 2.05. The maximum Gasteiger partial charge on any atom is 0.208 e. The number of carbonyl (C=O) groups excluding carboxylic acids is 2. The van der Waals surface area contributed by atoms with Crippen LogP contribution in [0.5, 0.6) is 0 Å². The van der Waals surface area contributed by atoms with Crippen molar-refractivity contribution in [2.45, 2.75) is 18.8 Å². The summed E-state index contributed by atoms with van der Waals surface area (Å²) in [6.45, 7) is 0. The molecule has 1 saturated heterocycles. The maximum absolute atomic E-state index is 9.83. The number of hydrogen-bond donors (Lipinski definition) is 3. The first kappa shape index (κ1) is 7.01. The van der Waals surface area contributed by atoms with Crippen LogP contribution in [0.15, 0.2) is 0 Å². The molecule has 0 aromatic carbocycles. The van der Waals surface area contributed by atoms with Crippen molar-refractivity contribution in [3.63, 3.8) is 0 Å². The molecule has 2 unspecified atom stereocenters. The molecule has 1 fully saturated rings. The summed E-state index contributed by atoms with van der Waals surface area (Å²) in [4.78, 5) is 19.7. The summed E-state index contributed by atoms with van der Waals surface area (Å²) in [6.07, 6.45) is 2.06. The molecule has 5 heteroatoms. The van der Waals surface area contributed by atoms with Gasteiger partial charge >= 0.3 is 0 Å². The van der Waals surface area contributed by atoms with Crippen molar-refractivity contribution in [1.29, 1.82) is 0 Å². The van der Waals surface area contributed by atoms with E-state index in [0.717, 1.165) is 6.42 Å². The zero-order valence-electron chi connectivity index (χ0n) is 5.33. The summed E-state index contributed by atoms with van der Waals surface area (Å²) < 4.78 is 0. The summed E-state index contributed by atoms with van der Waals surface area (Å²) >= 11 is 0. The van der Waals surface area contributed by atoms with Crippen LogP contribution in [-0.4, -0.2) is 25.2 Å². The van der Waals surface area contributed by atoms with Crippen LogP contribution in [0.3, 0.4) is 0 Å². The Kier molecular flexibility index (Phi) is 2.22. The molecule has 2 atom stereocenters. The van der Waals surface area contributed by atoms with Crippen LogP contribution < -0.4 is 16.0 Å². The lowest BCUT2D eigenvalue weighted by molar-refractivity contribution is -0.112. The predicted molar refractivity (Wildman–Crippen MR) is 33.7 cm³/mol. The zero-order chi connectivity index (χ0) is 7.40. The lowest BCUT2D eigenvalue weighted by Gasteiger charge is -2.35. The second-order valence-electron chi connectivity index (χ2n) is 2.08. The molecular weight excluding hydrogens is 134 g/mol. The molecule has 1 rings (SSSR count). The van der Waals surface area contributed by atoms with Crippen LogP contribution in [0.4, 0.5) is 0 Å². The van der Waals surface area contributed by atoms with Gasteiger partial charge in [0.15, 0.2) is 0 Å². The van der Waals surface area contributed by atoms with E-state index in [1.165, 1.54) is 0 Å². The first-order valence-corrected chi connectivity index (χ1v) is 3.02. The Bertz CT molecular complexity index is 119. The van der Waals surface area contributed by atoms with Crippen molar-refractivity contribution in [2.75, 3.05) is 0 Å². The fourth-order valence-electron chi connectivity index (χ4n) is 0.851. The van der Waals surface area contributed by atoms with Gasteiger partial charge in [0.25, 0.3) is 0 Å². The lowest BCUT2D eigenvalue weighted by atomic mass is 10.1. The van der Waals surface area contributed by atoms with Crippen LogP contribution in [0.2, 0.25) is 0 Å². The van der Waals surface area contributed by atoms with Gasteiger partial charge in [0.05, 0.1) is 12.3 Å². The van der Waals surface area contributed by atoms with Crippen LogP contribution in [0, 0.1) is 0 Å². The average molecular weight is 143 g/mol. The Morgan fingerprint density at radius 1 is 1.20 bits per heavy atom. The first-order chi connectivity index (χ1) is 4.86. The summed E-state index contributed by atoms with van der Waals surface area (Å²) in [5.74, 6) is 0. The van der Waals surface area contributed by atoms with Gasteiger partial charge in [-0.1, -0.05) is 0 Å². The van der Waals surface area contributed by atoms with Crippen molar-refractivity contribution in [3.05, 3.63) is 0 Å².